The molecule has 0 saturated heterocycles. The van der Waals surface area contributed by atoms with Crippen molar-refractivity contribution in [2.45, 2.75) is 65.2 Å². The van der Waals surface area contributed by atoms with Crippen molar-refractivity contribution in [1.29, 1.82) is 0 Å². The maximum Gasteiger partial charge on any atom is 0.131 e. The van der Waals surface area contributed by atoms with Gasteiger partial charge in [-0.15, -0.1) is 0 Å². The summed E-state index contributed by atoms with van der Waals surface area (Å²) in [7, 11) is 0. The van der Waals surface area contributed by atoms with E-state index in [1.807, 2.05) is 6.07 Å². The second-order valence-electron chi connectivity index (χ2n) is 5.26. The van der Waals surface area contributed by atoms with E-state index >= 15 is 0 Å². The molecule has 0 aromatic carbocycles. The quantitative estimate of drug-likeness (QED) is 0.554. The van der Waals surface area contributed by atoms with Crippen LogP contribution >= 0.6 is 0 Å². The lowest BCUT2D eigenvalue weighted by atomic mass is 10.2. The topological polar surface area (TPSA) is 49.8 Å². The molecule has 0 amide bonds. The Bertz CT molecular complexity index is 312. The van der Waals surface area contributed by atoms with Gasteiger partial charge in [-0.1, -0.05) is 52.4 Å². The molecule has 0 aliphatic rings. The number of nitrogens with one attached hydrogen (secondary N) is 2. The maximum absolute atomic E-state index is 4.25. The lowest BCUT2D eigenvalue weighted by Gasteiger charge is -2.08. The summed E-state index contributed by atoms with van der Waals surface area (Å²) in [5, 5.41) is 6.73. The second-order valence-corrected chi connectivity index (χ2v) is 5.26. The van der Waals surface area contributed by atoms with E-state index in [1.165, 1.54) is 51.4 Å². The van der Waals surface area contributed by atoms with Crippen molar-refractivity contribution in [2.75, 3.05) is 23.7 Å². The molecular formula is C16H30N4. The Labute approximate surface area is 123 Å². The molecule has 0 bridgehead atoms. The van der Waals surface area contributed by atoms with Crippen LogP contribution in [0.15, 0.2) is 12.4 Å². The Morgan fingerprint density at radius 3 is 1.70 bits per heavy atom. The minimum Gasteiger partial charge on any atom is -0.370 e. The zero-order valence-corrected chi connectivity index (χ0v) is 13.1. The molecular weight excluding hydrogens is 248 g/mol. The van der Waals surface area contributed by atoms with Crippen LogP contribution in [-0.2, 0) is 0 Å². The van der Waals surface area contributed by atoms with Crippen molar-refractivity contribution in [3.8, 4) is 0 Å². The molecule has 4 heteroatoms. The van der Waals surface area contributed by atoms with E-state index in [9.17, 15) is 0 Å². The van der Waals surface area contributed by atoms with Crippen LogP contribution in [0.25, 0.3) is 0 Å². The minimum absolute atomic E-state index is 0.924. The van der Waals surface area contributed by atoms with E-state index in [1.54, 1.807) is 6.33 Å². The van der Waals surface area contributed by atoms with E-state index in [0.29, 0.717) is 0 Å². The molecule has 0 atom stereocenters. The average Bonchev–Trinajstić information content (AvgIpc) is 2.47. The van der Waals surface area contributed by atoms with Crippen LogP contribution in [0.4, 0.5) is 11.6 Å². The van der Waals surface area contributed by atoms with Crippen molar-refractivity contribution < 1.29 is 0 Å². The van der Waals surface area contributed by atoms with Crippen molar-refractivity contribution in [3.63, 3.8) is 0 Å². The van der Waals surface area contributed by atoms with Crippen LogP contribution in [0.3, 0.4) is 0 Å². The van der Waals surface area contributed by atoms with Crippen molar-refractivity contribution >= 4 is 11.6 Å². The highest BCUT2D eigenvalue weighted by Crippen LogP contribution is 2.10. The van der Waals surface area contributed by atoms with Gasteiger partial charge in [0.25, 0.3) is 0 Å². The predicted octanol–water partition coefficient (Wildman–Crippen LogP) is 4.46. The van der Waals surface area contributed by atoms with Gasteiger partial charge in [0.15, 0.2) is 0 Å². The molecule has 0 spiro atoms. The summed E-state index contributed by atoms with van der Waals surface area (Å²) in [6.07, 6.45) is 11.8. The fraction of sp³-hybridized carbons (Fsp3) is 0.750. The Balaban J connectivity index is 2.19. The normalized spacial score (nSPS) is 10.5. The number of hydrogen-bond acceptors (Lipinski definition) is 4. The van der Waals surface area contributed by atoms with E-state index in [4.69, 9.17) is 0 Å². The molecule has 1 heterocycles. The summed E-state index contributed by atoms with van der Waals surface area (Å²) in [6.45, 7) is 6.45. The van der Waals surface area contributed by atoms with Gasteiger partial charge in [0, 0.05) is 19.2 Å². The van der Waals surface area contributed by atoms with Gasteiger partial charge in [-0.3, -0.25) is 0 Å². The summed E-state index contributed by atoms with van der Waals surface area (Å²) >= 11 is 0. The maximum atomic E-state index is 4.25. The highest BCUT2D eigenvalue weighted by molar-refractivity contribution is 5.46. The van der Waals surface area contributed by atoms with Crippen LogP contribution in [-0.4, -0.2) is 23.1 Å². The molecule has 20 heavy (non-hydrogen) atoms. The molecule has 114 valence electrons. The van der Waals surface area contributed by atoms with E-state index in [-0.39, 0.29) is 0 Å². The SMILES string of the molecule is CCCCCCNc1cc(NCCCCCC)ncn1. The second kappa shape index (κ2) is 11.5. The molecule has 0 saturated carbocycles. The van der Waals surface area contributed by atoms with Gasteiger partial charge in [0.2, 0.25) is 0 Å². The molecule has 0 fully saturated rings. The summed E-state index contributed by atoms with van der Waals surface area (Å²) < 4.78 is 0. The molecule has 1 aromatic heterocycles. The van der Waals surface area contributed by atoms with Crippen LogP contribution < -0.4 is 10.6 Å². The zero-order chi connectivity index (χ0) is 14.5. The van der Waals surface area contributed by atoms with Crippen LogP contribution in [0.1, 0.15) is 65.2 Å². The smallest absolute Gasteiger partial charge is 0.131 e. The number of hydrogen-bond donors (Lipinski definition) is 2. The average molecular weight is 278 g/mol. The van der Waals surface area contributed by atoms with E-state index in [0.717, 1.165) is 24.7 Å². The third kappa shape index (κ3) is 7.97. The predicted molar refractivity (Wildman–Crippen MR) is 87.3 cm³/mol. The van der Waals surface area contributed by atoms with Crippen molar-refractivity contribution in [2.24, 2.45) is 0 Å². The van der Waals surface area contributed by atoms with Gasteiger partial charge in [0.1, 0.15) is 18.0 Å². The molecule has 2 N–H and O–H groups in total. The molecule has 1 rings (SSSR count). The standard InChI is InChI=1S/C16H30N4/c1-3-5-7-9-11-17-15-13-16(20-14-19-15)18-12-10-8-6-4-2/h13-14H,3-12H2,1-2H3,(H2,17,18,19,20). The number of nitrogens with zero attached hydrogens (tertiary/aromatic N) is 2. The number of aromatic nitrogens is 2. The largest absolute Gasteiger partial charge is 0.370 e. The van der Waals surface area contributed by atoms with Crippen molar-refractivity contribution in [3.05, 3.63) is 12.4 Å². The summed E-state index contributed by atoms with van der Waals surface area (Å²) in [4.78, 5) is 8.51. The van der Waals surface area contributed by atoms with Gasteiger partial charge in [0.05, 0.1) is 0 Å². The summed E-state index contributed by atoms with van der Waals surface area (Å²) in [6, 6.07) is 2.00. The third-order valence-corrected chi connectivity index (χ3v) is 3.34. The summed E-state index contributed by atoms with van der Waals surface area (Å²) in [5.74, 6) is 1.85. The minimum atomic E-state index is 0.924. The van der Waals surface area contributed by atoms with Crippen LogP contribution in [0, 0.1) is 0 Å². The fourth-order valence-electron chi connectivity index (χ4n) is 2.09. The van der Waals surface area contributed by atoms with Gasteiger partial charge < -0.3 is 10.6 Å². The Morgan fingerprint density at radius 2 is 1.25 bits per heavy atom. The zero-order valence-electron chi connectivity index (χ0n) is 13.1. The van der Waals surface area contributed by atoms with Crippen LogP contribution in [0.5, 0.6) is 0 Å². The van der Waals surface area contributed by atoms with Gasteiger partial charge in [-0.25, -0.2) is 9.97 Å². The van der Waals surface area contributed by atoms with Crippen LogP contribution in [0.2, 0.25) is 0 Å². The fourth-order valence-corrected chi connectivity index (χ4v) is 2.09. The highest BCUT2D eigenvalue weighted by atomic mass is 15.1. The highest BCUT2D eigenvalue weighted by Gasteiger charge is 1.98. The van der Waals surface area contributed by atoms with E-state index < -0.39 is 0 Å². The van der Waals surface area contributed by atoms with Gasteiger partial charge >= 0.3 is 0 Å². The number of anilines is 2. The first-order valence-electron chi connectivity index (χ1n) is 8.16. The first kappa shape index (κ1) is 16.7. The van der Waals surface area contributed by atoms with E-state index in [2.05, 4.69) is 34.4 Å². The Hall–Kier alpha value is -1.32. The molecule has 1 aromatic rings. The number of unbranched alkanes of at least 4 members (excludes halogenated alkanes) is 6. The Kier molecular flexibility index (Phi) is 9.62. The first-order valence-corrected chi connectivity index (χ1v) is 8.16. The monoisotopic (exact) mass is 278 g/mol. The molecule has 0 aliphatic carbocycles. The first-order chi connectivity index (χ1) is 9.86. The number of rotatable bonds is 12. The Morgan fingerprint density at radius 1 is 0.750 bits per heavy atom. The lowest BCUT2D eigenvalue weighted by molar-refractivity contribution is 0.683. The lowest BCUT2D eigenvalue weighted by Crippen LogP contribution is -2.07. The third-order valence-electron chi connectivity index (χ3n) is 3.34. The van der Waals surface area contributed by atoms with Gasteiger partial charge in [-0.05, 0) is 12.8 Å². The van der Waals surface area contributed by atoms with Gasteiger partial charge in [-0.2, -0.15) is 0 Å². The molecule has 0 radical (unpaired) electrons. The molecule has 4 nitrogen and oxygen atoms in total. The molecule has 0 unspecified atom stereocenters. The summed E-state index contributed by atoms with van der Waals surface area (Å²) in [5.41, 5.74) is 0. The molecule has 0 aliphatic heterocycles. The van der Waals surface area contributed by atoms with Crippen molar-refractivity contribution in [1.82, 2.24) is 9.97 Å².